The van der Waals surface area contributed by atoms with E-state index in [2.05, 4.69) is 0 Å². The molecule has 0 fully saturated rings. The van der Waals surface area contributed by atoms with Gasteiger partial charge in [0.15, 0.2) is 11.5 Å². The molecular weight excluding hydrogens is 330 g/mol. The lowest BCUT2D eigenvalue weighted by Crippen LogP contribution is -2.34. The van der Waals surface area contributed by atoms with Gasteiger partial charge in [0, 0.05) is 0 Å². The molecule has 2 aromatic rings. The van der Waals surface area contributed by atoms with Crippen LogP contribution in [-0.2, 0) is 22.6 Å². The van der Waals surface area contributed by atoms with Crippen molar-refractivity contribution in [1.82, 2.24) is 0 Å². The summed E-state index contributed by atoms with van der Waals surface area (Å²) in [6, 6.07) is 14.2. The predicted octanol–water partition coefficient (Wildman–Crippen LogP) is 2.74. The summed E-state index contributed by atoms with van der Waals surface area (Å²) in [4.78, 5) is 12.0. The van der Waals surface area contributed by atoms with Crippen LogP contribution in [0.1, 0.15) is 11.1 Å². The van der Waals surface area contributed by atoms with E-state index < -0.39 is 12.0 Å². The first-order valence-corrected chi connectivity index (χ1v) is 7.31. The molecule has 6 heteroatoms. The molecule has 0 amide bonds. The monoisotopic (exact) mass is 351 g/mol. The van der Waals surface area contributed by atoms with Gasteiger partial charge in [-0.05, 0) is 29.7 Å². The van der Waals surface area contributed by atoms with Gasteiger partial charge in [0.25, 0.3) is 0 Å². The van der Waals surface area contributed by atoms with Gasteiger partial charge in [0.1, 0.15) is 12.6 Å². The largest absolute Gasteiger partial charge is 0.493 e. The summed E-state index contributed by atoms with van der Waals surface area (Å²) in [7, 11) is 3.14. The van der Waals surface area contributed by atoms with Crippen LogP contribution in [0.4, 0.5) is 0 Å². The van der Waals surface area contributed by atoms with Gasteiger partial charge >= 0.3 is 5.97 Å². The Balaban J connectivity index is 0.00000288. The van der Waals surface area contributed by atoms with E-state index in [1.54, 1.807) is 20.3 Å². The van der Waals surface area contributed by atoms with Crippen LogP contribution >= 0.6 is 12.4 Å². The van der Waals surface area contributed by atoms with Crippen LogP contribution in [0.15, 0.2) is 48.5 Å². The summed E-state index contributed by atoms with van der Waals surface area (Å²) in [5.74, 6) is 0.815. The first-order chi connectivity index (χ1) is 11.1. The molecular formula is C18H22ClNO4. The van der Waals surface area contributed by atoms with Crippen molar-refractivity contribution in [3.63, 3.8) is 0 Å². The van der Waals surface area contributed by atoms with Crippen molar-refractivity contribution >= 4 is 18.4 Å². The van der Waals surface area contributed by atoms with E-state index in [9.17, 15) is 4.79 Å². The average Bonchev–Trinajstić information content (AvgIpc) is 2.60. The Morgan fingerprint density at radius 3 is 2.29 bits per heavy atom. The first kappa shape index (κ1) is 19.8. The molecule has 0 aromatic heterocycles. The number of benzene rings is 2. The molecule has 5 nitrogen and oxygen atoms in total. The zero-order valence-corrected chi connectivity index (χ0v) is 14.5. The molecule has 0 bridgehead atoms. The van der Waals surface area contributed by atoms with Crippen molar-refractivity contribution in [3.8, 4) is 11.5 Å². The van der Waals surface area contributed by atoms with Gasteiger partial charge in [-0.2, -0.15) is 0 Å². The Kier molecular flexibility index (Phi) is 8.09. The number of hydrogen-bond acceptors (Lipinski definition) is 5. The van der Waals surface area contributed by atoms with Crippen molar-refractivity contribution in [1.29, 1.82) is 0 Å². The van der Waals surface area contributed by atoms with Crippen LogP contribution in [0.2, 0.25) is 0 Å². The van der Waals surface area contributed by atoms with Gasteiger partial charge in [-0.1, -0.05) is 36.4 Å². The lowest BCUT2D eigenvalue weighted by atomic mass is 10.1. The highest BCUT2D eigenvalue weighted by Crippen LogP contribution is 2.27. The van der Waals surface area contributed by atoms with Crippen LogP contribution in [0.25, 0.3) is 0 Å². The number of hydrogen-bond donors (Lipinski definition) is 1. The number of esters is 1. The molecule has 0 radical (unpaired) electrons. The molecule has 1 atom stereocenters. The fourth-order valence-electron chi connectivity index (χ4n) is 2.18. The fraction of sp³-hybridized carbons (Fsp3) is 0.278. The molecule has 24 heavy (non-hydrogen) atoms. The van der Waals surface area contributed by atoms with Crippen LogP contribution in [-0.4, -0.2) is 26.2 Å². The zero-order chi connectivity index (χ0) is 16.7. The summed E-state index contributed by atoms with van der Waals surface area (Å²) in [5, 5.41) is 0. The minimum Gasteiger partial charge on any atom is -0.493 e. The quantitative estimate of drug-likeness (QED) is 0.777. The Morgan fingerprint density at radius 2 is 1.67 bits per heavy atom. The van der Waals surface area contributed by atoms with Gasteiger partial charge in [0.05, 0.1) is 14.2 Å². The lowest BCUT2D eigenvalue weighted by Gasteiger charge is -2.13. The Morgan fingerprint density at radius 1 is 1.00 bits per heavy atom. The van der Waals surface area contributed by atoms with Gasteiger partial charge in [-0.15, -0.1) is 12.4 Å². The van der Waals surface area contributed by atoms with E-state index in [0.717, 1.165) is 11.1 Å². The second-order valence-corrected chi connectivity index (χ2v) is 5.09. The Hall–Kier alpha value is -2.24. The molecule has 0 saturated heterocycles. The highest BCUT2D eigenvalue weighted by Gasteiger charge is 2.17. The van der Waals surface area contributed by atoms with Crippen LogP contribution in [0.3, 0.4) is 0 Å². The minimum absolute atomic E-state index is 0. The second kappa shape index (κ2) is 9.80. The van der Waals surface area contributed by atoms with Gasteiger partial charge < -0.3 is 19.9 Å². The number of ether oxygens (including phenoxy) is 3. The summed E-state index contributed by atoms with van der Waals surface area (Å²) < 4.78 is 15.7. The summed E-state index contributed by atoms with van der Waals surface area (Å²) in [6.45, 7) is 0.222. The highest BCUT2D eigenvalue weighted by molar-refractivity contribution is 5.85. The summed E-state index contributed by atoms with van der Waals surface area (Å²) in [5.41, 5.74) is 7.74. The maximum Gasteiger partial charge on any atom is 0.323 e. The van der Waals surface area contributed by atoms with E-state index in [-0.39, 0.29) is 19.0 Å². The normalized spacial score (nSPS) is 11.1. The van der Waals surface area contributed by atoms with Crippen molar-refractivity contribution in [2.45, 2.75) is 19.1 Å². The van der Waals surface area contributed by atoms with Crippen LogP contribution in [0, 0.1) is 0 Å². The van der Waals surface area contributed by atoms with Crippen LogP contribution in [0.5, 0.6) is 11.5 Å². The number of methoxy groups -OCH3 is 2. The standard InChI is InChI=1S/C18H21NO4.ClH/c1-21-16-9-8-14(11-17(16)22-2)10-15(19)18(20)23-12-13-6-4-3-5-7-13;/h3-9,11,15H,10,12,19H2,1-2H3;1H/t15-;/m0./s1. The maximum absolute atomic E-state index is 12.0. The van der Waals surface area contributed by atoms with E-state index in [1.807, 2.05) is 42.5 Å². The van der Waals surface area contributed by atoms with Crippen molar-refractivity contribution in [2.75, 3.05) is 14.2 Å². The van der Waals surface area contributed by atoms with Gasteiger partial charge in [0.2, 0.25) is 0 Å². The molecule has 0 aliphatic carbocycles. The predicted molar refractivity (Wildman–Crippen MR) is 94.7 cm³/mol. The summed E-state index contributed by atoms with van der Waals surface area (Å²) >= 11 is 0. The number of rotatable bonds is 7. The Bertz CT molecular complexity index is 649. The third kappa shape index (κ3) is 5.44. The third-order valence-electron chi connectivity index (χ3n) is 3.43. The lowest BCUT2D eigenvalue weighted by molar-refractivity contribution is -0.146. The van der Waals surface area contributed by atoms with Crippen LogP contribution < -0.4 is 15.2 Å². The molecule has 130 valence electrons. The molecule has 2 rings (SSSR count). The van der Waals surface area contributed by atoms with Gasteiger partial charge in [-0.25, -0.2) is 0 Å². The highest BCUT2D eigenvalue weighted by atomic mass is 35.5. The minimum atomic E-state index is -0.725. The van der Waals surface area contributed by atoms with Gasteiger partial charge in [-0.3, -0.25) is 4.79 Å². The smallest absolute Gasteiger partial charge is 0.323 e. The van der Waals surface area contributed by atoms with Crippen molar-refractivity contribution in [3.05, 3.63) is 59.7 Å². The molecule has 2 aromatic carbocycles. The second-order valence-electron chi connectivity index (χ2n) is 5.09. The van der Waals surface area contributed by atoms with E-state index >= 15 is 0 Å². The van der Waals surface area contributed by atoms with E-state index in [1.165, 1.54) is 0 Å². The zero-order valence-electron chi connectivity index (χ0n) is 13.7. The molecule has 0 aliphatic rings. The SMILES string of the molecule is COc1ccc(C[C@H](N)C(=O)OCc2ccccc2)cc1OC.Cl. The third-order valence-corrected chi connectivity index (χ3v) is 3.43. The Labute approximate surface area is 148 Å². The molecule has 0 spiro atoms. The number of carbonyl (C=O) groups excluding carboxylic acids is 1. The molecule has 0 aliphatic heterocycles. The average molecular weight is 352 g/mol. The summed E-state index contributed by atoms with van der Waals surface area (Å²) in [6.07, 6.45) is 0.369. The van der Waals surface area contributed by atoms with Crippen molar-refractivity contribution in [2.24, 2.45) is 5.73 Å². The molecule has 2 N–H and O–H groups in total. The molecule has 0 saturated carbocycles. The van der Waals surface area contributed by atoms with Crippen molar-refractivity contribution < 1.29 is 19.0 Å². The topological polar surface area (TPSA) is 70.8 Å². The maximum atomic E-state index is 12.0. The molecule has 0 unspecified atom stereocenters. The van der Waals surface area contributed by atoms with E-state index in [0.29, 0.717) is 17.9 Å². The first-order valence-electron chi connectivity index (χ1n) is 7.31. The fourth-order valence-corrected chi connectivity index (χ4v) is 2.18. The number of halogens is 1. The van der Waals surface area contributed by atoms with E-state index in [4.69, 9.17) is 19.9 Å². The molecule has 0 heterocycles. The number of nitrogens with two attached hydrogens (primary N) is 1. The number of carbonyl (C=O) groups is 1.